The van der Waals surface area contributed by atoms with Gasteiger partial charge in [0.25, 0.3) is 11.8 Å². The lowest BCUT2D eigenvalue weighted by Crippen LogP contribution is -2.44. The number of carbonyl (C=O) groups excluding carboxylic acids is 3. The van der Waals surface area contributed by atoms with Crippen molar-refractivity contribution in [2.75, 3.05) is 10.6 Å². The summed E-state index contributed by atoms with van der Waals surface area (Å²) in [6.07, 6.45) is 5.91. The molecule has 3 amide bonds. The van der Waals surface area contributed by atoms with E-state index in [1.54, 1.807) is 24.3 Å². The molecule has 4 aromatic rings. The zero-order valence-corrected chi connectivity index (χ0v) is 24.5. The summed E-state index contributed by atoms with van der Waals surface area (Å²) in [6.45, 7) is 0.265. The van der Waals surface area contributed by atoms with Crippen molar-refractivity contribution in [3.8, 4) is 0 Å². The summed E-state index contributed by atoms with van der Waals surface area (Å²) in [4.78, 5) is 41.6. The van der Waals surface area contributed by atoms with E-state index in [2.05, 4.69) is 9.69 Å². The molecule has 10 heteroatoms. The fourth-order valence-electron chi connectivity index (χ4n) is 5.41. The van der Waals surface area contributed by atoms with Crippen LogP contribution in [0.3, 0.4) is 0 Å². The number of rotatable bonds is 9. The summed E-state index contributed by atoms with van der Waals surface area (Å²) in [5, 5.41) is 3.48. The van der Waals surface area contributed by atoms with Crippen LogP contribution in [0.25, 0.3) is 0 Å². The summed E-state index contributed by atoms with van der Waals surface area (Å²) >= 11 is 6.97. The molecule has 0 saturated heterocycles. The smallest absolute Gasteiger partial charge is 0.273 e. The first-order valence-corrected chi connectivity index (χ1v) is 15.0. The molecule has 0 spiro atoms. The molecule has 1 aliphatic carbocycles. The van der Waals surface area contributed by atoms with Crippen molar-refractivity contribution in [3.05, 3.63) is 111 Å². The number of hydrogen-bond donors (Lipinski definition) is 3. The molecule has 1 unspecified atom stereocenters. The molecule has 5 N–H and O–H groups in total. The van der Waals surface area contributed by atoms with Crippen molar-refractivity contribution in [1.82, 2.24) is 9.69 Å². The topological polar surface area (TPSA) is 131 Å². The van der Waals surface area contributed by atoms with E-state index in [9.17, 15) is 14.4 Å². The number of nitrogens with zero attached hydrogens (tertiary/aromatic N) is 2. The van der Waals surface area contributed by atoms with Crippen LogP contribution >= 0.6 is 23.1 Å². The van der Waals surface area contributed by atoms with Crippen molar-refractivity contribution in [2.45, 2.75) is 50.6 Å². The number of nitrogens with two attached hydrogens (primary N) is 2. The van der Waals surface area contributed by atoms with Gasteiger partial charge in [-0.05, 0) is 71.2 Å². The number of amides is 3. The SMILES string of the molecule is NC(=O)c1nsc(C(=O)N(c2ccc(C3CCCCC3)cc2)C(C(=O)NCc2ccccc2)c2ccc(Cl)cc2)c1N. The second-order valence-corrected chi connectivity index (χ2v) is 11.6. The number of nitrogen functional groups attached to an aromatic ring is 1. The van der Waals surface area contributed by atoms with Gasteiger partial charge in [0.15, 0.2) is 5.69 Å². The van der Waals surface area contributed by atoms with Gasteiger partial charge >= 0.3 is 0 Å². The maximum Gasteiger partial charge on any atom is 0.273 e. The molecule has 1 heterocycles. The first-order chi connectivity index (χ1) is 20.3. The van der Waals surface area contributed by atoms with Gasteiger partial charge in [0.1, 0.15) is 10.9 Å². The number of benzene rings is 3. The van der Waals surface area contributed by atoms with E-state index in [4.69, 9.17) is 23.1 Å². The molecule has 1 aromatic heterocycles. The molecular formula is C32H32ClN5O3S. The van der Waals surface area contributed by atoms with Crippen LogP contribution in [0.5, 0.6) is 0 Å². The third-order valence-corrected chi connectivity index (χ3v) is 8.73. The van der Waals surface area contributed by atoms with Crippen molar-refractivity contribution in [3.63, 3.8) is 0 Å². The Balaban J connectivity index is 1.58. The summed E-state index contributed by atoms with van der Waals surface area (Å²) in [7, 11) is 0. The molecule has 3 aromatic carbocycles. The fourth-order valence-corrected chi connectivity index (χ4v) is 6.28. The fraction of sp³-hybridized carbons (Fsp3) is 0.250. The van der Waals surface area contributed by atoms with Gasteiger partial charge in [0.05, 0.1) is 5.69 Å². The third kappa shape index (κ3) is 6.48. The van der Waals surface area contributed by atoms with Crippen LogP contribution in [0, 0.1) is 0 Å². The highest BCUT2D eigenvalue weighted by Gasteiger charge is 2.36. The Hall–Kier alpha value is -4.21. The van der Waals surface area contributed by atoms with Crippen LogP contribution in [0.4, 0.5) is 11.4 Å². The molecular weight excluding hydrogens is 570 g/mol. The molecule has 42 heavy (non-hydrogen) atoms. The number of nitrogens with one attached hydrogen (secondary N) is 1. The number of carbonyl (C=O) groups is 3. The zero-order valence-electron chi connectivity index (χ0n) is 23.0. The normalized spacial score (nSPS) is 14.2. The minimum absolute atomic E-state index is 0.0231. The maximum absolute atomic E-state index is 14.3. The van der Waals surface area contributed by atoms with Crippen LogP contribution in [0.2, 0.25) is 5.02 Å². The summed E-state index contributed by atoms with van der Waals surface area (Å²) in [5.74, 6) is -1.34. The van der Waals surface area contributed by atoms with Crippen LogP contribution in [0.1, 0.15) is 80.9 Å². The molecule has 0 bridgehead atoms. The summed E-state index contributed by atoms with van der Waals surface area (Å²) in [5.41, 5.74) is 14.5. The van der Waals surface area contributed by atoms with Gasteiger partial charge in [0, 0.05) is 17.3 Å². The van der Waals surface area contributed by atoms with Gasteiger partial charge < -0.3 is 16.8 Å². The van der Waals surface area contributed by atoms with Crippen LogP contribution in [-0.2, 0) is 11.3 Å². The highest BCUT2D eigenvalue weighted by molar-refractivity contribution is 7.09. The first kappa shape index (κ1) is 29.3. The van der Waals surface area contributed by atoms with Gasteiger partial charge in [-0.25, -0.2) is 0 Å². The molecule has 8 nitrogen and oxygen atoms in total. The molecule has 1 fully saturated rings. The third-order valence-electron chi connectivity index (χ3n) is 7.62. The molecule has 5 rings (SSSR count). The standard InChI is InChI=1S/C32H32ClN5O3S/c33-24-15-11-23(12-16-24)28(31(40)36-19-20-7-3-1-4-8-20)38(32(41)29-26(34)27(30(35)39)37-42-29)25-17-13-22(14-18-25)21-9-5-2-6-10-21/h1,3-4,7-8,11-18,21,28H,2,5-6,9-10,19,34H2,(H2,35,39)(H,36,40). The molecule has 216 valence electrons. The van der Waals surface area contributed by atoms with E-state index >= 15 is 0 Å². The first-order valence-electron chi connectivity index (χ1n) is 13.9. The van der Waals surface area contributed by atoms with E-state index in [0.717, 1.165) is 29.9 Å². The summed E-state index contributed by atoms with van der Waals surface area (Å²) in [6, 6.07) is 23.0. The Morgan fingerprint density at radius 2 is 1.62 bits per heavy atom. The molecule has 1 saturated carbocycles. The molecule has 1 aliphatic rings. The Kier molecular flexibility index (Phi) is 9.19. The predicted molar refractivity (Wildman–Crippen MR) is 167 cm³/mol. The van der Waals surface area contributed by atoms with Crippen molar-refractivity contribution in [2.24, 2.45) is 5.73 Å². The maximum atomic E-state index is 14.3. The monoisotopic (exact) mass is 601 g/mol. The number of halogens is 1. The van der Waals surface area contributed by atoms with Crippen molar-refractivity contribution < 1.29 is 14.4 Å². The lowest BCUT2D eigenvalue weighted by atomic mass is 9.84. The number of primary amides is 1. The number of hydrogen-bond acceptors (Lipinski definition) is 6. The van der Waals surface area contributed by atoms with Crippen LogP contribution < -0.4 is 21.7 Å². The van der Waals surface area contributed by atoms with E-state index in [1.165, 1.54) is 29.7 Å². The minimum Gasteiger partial charge on any atom is -0.395 e. The minimum atomic E-state index is -1.09. The second kappa shape index (κ2) is 13.2. The predicted octanol–water partition coefficient (Wildman–Crippen LogP) is 6.23. The van der Waals surface area contributed by atoms with Gasteiger partial charge in [-0.3, -0.25) is 19.3 Å². The van der Waals surface area contributed by atoms with Gasteiger partial charge in [-0.15, -0.1) is 0 Å². The Bertz CT molecular complexity index is 1550. The Morgan fingerprint density at radius 1 is 0.952 bits per heavy atom. The van der Waals surface area contributed by atoms with Gasteiger partial charge in [-0.2, -0.15) is 4.37 Å². The van der Waals surface area contributed by atoms with E-state index in [0.29, 0.717) is 22.2 Å². The van der Waals surface area contributed by atoms with Crippen LogP contribution in [-0.4, -0.2) is 22.1 Å². The van der Waals surface area contributed by atoms with Crippen molar-refractivity contribution in [1.29, 1.82) is 0 Å². The van der Waals surface area contributed by atoms with E-state index in [-0.39, 0.29) is 22.8 Å². The summed E-state index contributed by atoms with van der Waals surface area (Å²) < 4.78 is 4.03. The second-order valence-electron chi connectivity index (χ2n) is 10.4. The molecule has 0 aliphatic heterocycles. The number of anilines is 2. The average molecular weight is 602 g/mol. The quantitative estimate of drug-likeness (QED) is 0.209. The van der Waals surface area contributed by atoms with Crippen LogP contribution in [0.15, 0.2) is 78.9 Å². The highest BCUT2D eigenvalue weighted by atomic mass is 35.5. The zero-order chi connectivity index (χ0) is 29.6. The molecule has 1 atom stereocenters. The Labute approximate surface area is 253 Å². The number of aromatic nitrogens is 1. The lowest BCUT2D eigenvalue weighted by molar-refractivity contribution is -0.122. The van der Waals surface area contributed by atoms with E-state index < -0.39 is 23.8 Å². The lowest BCUT2D eigenvalue weighted by Gasteiger charge is -2.32. The van der Waals surface area contributed by atoms with E-state index in [1.807, 2.05) is 54.6 Å². The van der Waals surface area contributed by atoms with Gasteiger partial charge in [-0.1, -0.05) is 85.5 Å². The average Bonchev–Trinajstić information content (AvgIpc) is 3.41. The highest BCUT2D eigenvalue weighted by Crippen LogP contribution is 2.37. The van der Waals surface area contributed by atoms with Gasteiger partial charge in [0.2, 0.25) is 5.91 Å². The van der Waals surface area contributed by atoms with Crippen molar-refractivity contribution >= 4 is 52.2 Å². The Morgan fingerprint density at radius 3 is 2.24 bits per heavy atom. The largest absolute Gasteiger partial charge is 0.395 e. The molecule has 0 radical (unpaired) electrons.